The maximum Gasteiger partial charge on any atom is 0.137 e. The number of aromatic nitrogens is 2. The normalized spacial score (nSPS) is 11.7. The number of hydrogen-bond donors (Lipinski definition) is 0. The van der Waals surface area contributed by atoms with Crippen LogP contribution >= 0.6 is 0 Å². The van der Waals surface area contributed by atoms with Crippen LogP contribution in [-0.2, 0) is 0 Å². The summed E-state index contributed by atoms with van der Waals surface area (Å²) in [6.45, 7) is 2.21. The average Bonchev–Trinajstić information content (AvgIpc) is 3.12. The van der Waals surface area contributed by atoms with Gasteiger partial charge < -0.3 is 0 Å². The fourth-order valence-corrected chi connectivity index (χ4v) is 4.07. The molecule has 5 rings (SSSR count). The third-order valence-electron chi connectivity index (χ3n) is 5.46. The van der Waals surface area contributed by atoms with Crippen molar-refractivity contribution in [3.63, 3.8) is 0 Å². The Morgan fingerprint density at radius 2 is 1.40 bits per heavy atom. The lowest BCUT2D eigenvalue weighted by atomic mass is 9.97. The summed E-state index contributed by atoms with van der Waals surface area (Å²) in [7, 11) is 0. The average molecular weight is 386 g/mol. The zero-order chi connectivity index (χ0) is 20.3. The Morgan fingerprint density at radius 3 is 2.13 bits per heavy atom. The summed E-state index contributed by atoms with van der Waals surface area (Å²) in [5, 5.41) is 1.24. The summed E-state index contributed by atoms with van der Waals surface area (Å²) >= 11 is 0. The van der Waals surface area contributed by atoms with Crippen LogP contribution in [0.15, 0.2) is 109 Å². The van der Waals surface area contributed by atoms with E-state index >= 15 is 0 Å². The van der Waals surface area contributed by atoms with Crippen LogP contribution in [0.3, 0.4) is 0 Å². The molecule has 3 aromatic carbocycles. The maximum atomic E-state index is 4.69. The highest BCUT2D eigenvalue weighted by Gasteiger charge is 2.20. The molecule has 0 saturated heterocycles. The van der Waals surface area contributed by atoms with Crippen molar-refractivity contribution in [2.45, 2.75) is 6.92 Å². The van der Waals surface area contributed by atoms with E-state index in [1.165, 1.54) is 38.9 Å². The fourth-order valence-electron chi connectivity index (χ4n) is 4.07. The van der Waals surface area contributed by atoms with Crippen LogP contribution in [0.2, 0.25) is 0 Å². The Labute approximate surface area is 176 Å². The largest absolute Gasteiger partial charge is 0.294 e. The molecule has 0 fully saturated rings. The smallest absolute Gasteiger partial charge is 0.137 e. The highest BCUT2D eigenvalue weighted by Crippen LogP contribution is 2.36. The molecule has 0 aliphatic heterocycles. The molecule has 0 N–H and O–H groups in total. The standard InChI is InChI=1S/C28H22N2/c1-21-24-16-8-9-17-26(24)30(27-18-10-11-19-29-27)28(21)25(23-14-6-3-7-15-23)20-22-12-4-2-5-13-22/h2-20H,1H3/b25-20+. The van der Waals surface area contributed by atoms with E-state index in [2.05, 4.69) is 109 Å². The van der Waals surface area contributed by atoms with Gasteiger partial charge in [0.05, 0.1) is 11.2 Å². The number of rotatable bonds is 4. The van der Waals surface area contributed by atoms with Gasteiger partial charge in [-0.15, -0.1) is 0 Å². The number of aryl methyl sites for hydroxylation is 1. The zero-order valence-corrected chi connectivity index (χ0v) is 16.9. The topological polar surface area (TPSA) is 17.8 Å². The molecule has 2 heterocycles. The van der Waals surface area contributed by atoms with Gasteiger partial charge in [0.25, 0.3) is 0 Å². The van der Waals surface area contributed by atoms with Gasteiger partial charge in [-0.25, -0.2) is 4.98 Å². The highest BCUT2D eigenvalue weighted by atomic mass is 15.1. The molecule has 2 aromatic heterocycles. The summed E-state index contributed by atoms with van der Waals surface area (Å²) < 4.78 is 2.28. The van der Waals surface area contributed by atoms with Crippen molar-refractivity contribution in [3.05, 3.63) is 132 Å². The SMILES string of the molecule is Cc1c(/C(=C/c2ccccc2)c2ccccc2)n(-c2ccccn2)c2ccccc12. The lowest BCUT2D eigenvalue weighted by Crippen LogP contribution is -2.03. The number of pyridine rings is 1. The Balaban J connectivity index is 1.88. The van der Waals surface area contributed by atoms with Crippen molar-refractivity contribution in [1.82, 2.24) is 9.55 Å². The molecule has 2 heteroatoms. The molecule has 0 amide bonds. The molecule has 0 atom stereocenters. The molecule has 0 spiro atoms. The number of benzene rings is 3. The van der Waals surface area contributed by atoms with Gasteiger partial charge in [-0.1, -0.05) is 84.9 Å². The second kappa shape index (κ2) is 7.84. The van der Waals surface area contributed by atoms with E-state index in [0.717, 1.165) is 5.82 Å². The van der Waals surface area contributed by atoms with Crippen molar-refractivity contribution in [2.75, 3.05) is 0 Å². The van der Waals surface area contributed by atoms with E-state index in [4.69, 9.17) is 4.98 Å². The molecule has 2 nitrogen and oxygen atoms in total. The van der Waals surface area contributed by atoms with Crippen LogP contribution in [0.5, 0.6) is 0 Å². The fraction of sp³-hybridized carbons (Fsp3) is 0.0357. The van der Waals surface area contributed by atoms with E-state index in [1.54, 1.807) is 0 Å². The molecule has 0 aliphatic rings. The molecule has 30 heavy (non-hydrogen) atoms. The Kier molecular flexibility index (Phi) is 4.74. The minimum Gasteiger partial charge on any atom is -0.294 e. The van der Waals surface area contributed by atoms with Crippen molar-refractivity contribution < 1.29 is 0 Å². The Hall–Kier alpha value is -3.91. The summed E-state index contributed by atoms with van der Waals surface area (Å²) in [6, 6.07) is 35.7. The maximum absolute atomic E-state index is 4.69. The Morgan fingerprint density at radius 1 is 0.733 bits per heavy atom. The molecule has 0 unspecified atom stereocenters. The summed E-state index contributed by atoms with van der Waals surface area (Å²) in [5.41, 5.74) is 7.13. The van der Waals surface area contributed by atoms with E-state index in [-0.39, 0.29) is 0 Å². The molecular weight excluding hydrogens is 364 g/mol. The molecule has 144 valence electrons. The predicted molar refractivity (Wildman–Crippen MR) is 126 cm³/mol. The van der Waals surface area contributed by atoms with E-state index in [1.807, 2.05) is 18.3 Å². The van der Waals surface area contributed by atoms with Gasteiger partial charge in [-0.2, -0.15) is 0 Å². The van der Waals surface area contributed by atoms with Crippen LogP contribution in [-0.4, -0.2) is 9.55 Å². The number of nitrogens with zero attached hydrogens (tertiary/aromatic N) is 2. The molecule has 0 bridgehead atoms. The third kappa shape index (κ3) is 3.23. The van der Waals surface area contributed by atoms with Crippen molar-refractivity contribution in [1.29, 1.82) is 0 Å². The van der Waals surface area contributed by atoms with Gasteiger partial charge in [0.15, 0.2) is 0 Å². The monoisotopic (exact) mass is 386 g/mol. The van der Waals surface area contributed by atoms with Crippen molar-refractivity contribution in [2.24, 2.45) is 0 Å². The van der Waals surface area contributed by atoms with Gasteiger partial charge in [-0.3, -0.25) is 4.57 Å². The quantitative estimate of drug-likeness (QED) is 0.306. The lowest BCUT2D eigenvalue weighted by molar-refractivity contribution is 1.02. The lowest BCUT2D eigenvalue weighted by Gasteiger charge is -2.15. The van der Waals surface area contributed by atoms with Gasteiger partial charge in [0.1, 0.15) is 5.82 Å². The van der Waals surface area contributed by atoms with Crippen LogP contribution in [0.25, 0.3) is 28.4 Å². The number of fused-ring (bicyclic) bond motifs is 1. The number of hydrogen-bond acceptors (Lipinski definition) is 1. The first kappa shape index (κ1) is 18.1. The van der Waals surface area contributed by atoms with E-state index in [9.17, 15) is 0 Å². The van der Waals surface area contributed by atoms with Crippen molar-refractivity contribution >= 4 is 22.6 Å². The molecule has 5 aromatic rings. The molecule has 0 radical (unpaired) electrons. The molecule has 0 saturated carbocycles. The van der Waals surface area contributed by atoms with Crippen molar-refractivity contribution in [3.8, 4) is 5.82 Å². The second-order valence-electron chi connectivity index (χ2n) is 7.35. The van der Waals surface area contributed by atoms with E-state index < -0.39 is 0 Å². The van der Waals surface area contributed by atoms with Crippen LogP contribution in [0, 0.1) is 6.92 Å². The minimum absolute atomic E-state index is 0.923. The summed E-state index contributed by atoms with van der Waals surface area (Å²) in [4.78, 5) is 4.69. The van der Waals surface area contributed by atoms with E-state index in [0.29, 0.717) is 0 Å². The van der Waals surface area contributed by atoms with Gasteiger partial charge in [-0.05, 0) is 47.9 Å². The first-order chi connectivity index (χ1) is 14.8. The Bertz CT molecular complexity index is 1310. The van der Waals surface area contributed by atoms with Crippen LogP contribution in [0.1, 0.15) is 22.4 Å². The zero-order valence-electron chi connectivity index (χ0n) is 16.9. The minimum atomic E-state index is 0.923. The van der Waals surface area contributed by atoms with Crippen LogP contribution < -0.4 is 0 Å². The van der Waals surface area contributed by atoms with Gasteiger partial charge in [0, 0.05) is 17.2 Å². The molecule has 0 aliphatic carbocycles. The van der Waals surface area contributed by atoms with Gasteiger partial charge in [0.2, 0.25) is 0 Å². The van der Waals surface area contributed by atoms with Gasteiger partial charge >= 0.3 is 0 Å². The third-order valence-corrected chi connectivity index (χ3v) is 5.46. The molecular formula is C28H22N2. The highest BCUT2D eigenvalue weighted by molar-refractivity contribution is 5.99. The summed E-state index contributed by atoms with van der Waals surface area (Å²) in [5.74, 6) is 0.923. The second-order valence-corrected chi connectivity index (χ2v) is 7.35. The summed E-state index contributed by atoms with van der Waals surface area (Å²) in [6.07, 6.45) is 4.13. The predicted octanol–water partition coefficient (Wildman–Crippen LogP) is 6.92. The first-order valence-corrected chi connectivity index (χ1v) is 10.2. The first-order valence-electron chi connectivity index (χ1n) is 10.2. The number of para-hydroxylation sites is 1. The van der Waals surface area contributed by atoms with Crippen LogP contribution in [0.4, 0.5) is 0 Å².